The van der Waals surface area contributed by atoms with Crippen molar-refractivity contribution >= 4 is 38.4 Å². The van der Waals surface area contributed by atoms with Crippen molar-refractivity contribution in [3.05, 3.63) is 65.4 Å². The third-order valence-electron chi connectivity index (χ3n) is 5.75. The predicted octanol–water partition coefficient (Wildman–Crippen LogP) is 4.17. The van der Waals surface area contributed by atoms with E-state index < -0.39 is 10.0 Å². The van der Waals surface area contributed by atoms with Gasteiger partial charge in [0.15, 0.2) is 0 Å². The van der Waals surface area contributed by atoms with Crippen LogP contribution in [0.4, 0.5) is 5.69 Å². The minimum absolute atomic E-state index is 0.0497. The van der Waals surface area contributed by atoms with Crippen LogP contribution in [-0.2, 0) is 16.4 Å². The van der Waals surface area contributed by atoms with Gasteiger partial charge in [-0.25, -0.2) is 0 Å². The van der Waals surface area contributed by atoms with Gasteiger partial charge in [0.2, 0.25) is 0 Å². The second-order valence-corrected chi connectivity index (χ2v) is 9.52. The number of nitrogens with zero attached hydrogens (tertiary/aromatic N) is 3. The number of sulfonamides is 1. The number of nitrogens with one attached hydrogen (secondary N) is 1. The highest BCUT2D eigenvalue weighted by atomic mass is 32.2. The lowest BCUT2D eigenvalue weighted by atomic mass is 9.99. The lowest BCUT2D eigenvalue weighted by Crippen LogP contribution is -2.20. The first-order valence-corrected chi connectivity index (χ1v) is 12.1. The Bertz CT molecular complexity index is 1330. The first-order valence-electron chi connectivity index (χ1n) is 10.6. The summed E-state index contributed by atoms with van der Waals surface area (Å²) in [5.41, 5.74) is 3.39. The Balaban J connectivity index is 1.68. The zero-order chi connectivity index (χ0) is 22.9. The van der Waals surface area contributed by atoms with E-state index in [9.17, 15) is 13.2 Å². The zero-order valence-electron chi connectivity index (χ0n) is 18.4. The van der Waals surface area contributed by atoms with Crippen molar-refractivity contribution in [2.45, 2.75) is 38.0 Å². The van der Waals surface area contributed by atoms with Crippen LogP contribution in [0.1, 0.15) is 41.4 Å². The summed E-state index contributed by atoms with van der Waals surface area (Å²) in [6, 6.07) is 13.7. The third kappa shape index (κ3) is 4.23. The normalized spacial score (nSPS) is 15.5. The minimum atomic E-state index is -3.87. The molecule has 1 amide bonds. The number of amides is 1. The van der Waals surface area contributed by atoms with Gasteiger partial charge in [-0.15, -0.1) is 4.40 Å². The molecule has 0 unspecified atom stereocenters. The molecule has 0 bridgehead atoms. The van der Waals surface area contributed by atoms with E-state index in [2.05, 4.69) is 14.7 Å². The van der Waals surface area contributed by atoms with E-state index in [1.807, 2.05) is 50.1 Å². The number of carbonyl (C=O) groups excluding carboxylic acids is 1. The van der Waals surface area contributed by atoms with Crippen LogP contribution >= 0.6 is 0 Å². The van der Waals surface area contributed by atoms with Gasteiger partial charge in [-0.2, -0.15) is 8.42 Å². The molecule has 1 aliphatic rings. The molecule has 166 valence electrons. The fourth-order valence-electron chi connectivity index (χ4n) is 4.02. The van der Waals surface area contributed by atoms with Gasteiger partial charge >= 0.3 is 0 Å². The Morgan fingerprint density at radius 1 is 1.19 bits per heavy atom. The fraction of sp³-hybridized carbons (Fsp3) is 0.292. The molecule has 1 aliphatic heterocycles. The van der Waals surface area contributed by atoms with Crippen LogP contribution in [0.25, 0.3) is 10.9 Å². The Labute approximate surface area is 188 Å². The van der Waals surface area contributed by atoms with Crippen LogP contribution in [0.5, 0.6) is 0 Å². The number of anilines is 1. The summed E-state index contributed by atoms with van der Waals surface area (Å²) in [5, 5.41) is 3.63. The molecule has 0 aliphatic carbocycles. The van der Waals surface area contributed by atoms with Crippen LogP contribution in [0.15, 0.2) is 57.8 Å². The van der Waals surface area contributed by atoms with Crippen LogP contribution in [0.2, 0.25) is 0 Å². The number of para-hydroxylation sites is 1. The number of carbonyl (C=O) groups is 1. The molecule has 0 atom stereocenters. The van der Waals surface area contributed by atoms with Crippen LogP contribution in [0.3, 0.4) is 0 Å². The van der Waals surface area contributed by atoms with Gasteiger partial charge in [0.05, 0.1) is 16.0 Å². The molecule has 7 nitrogen and oxygen atoms in total. The summed E-state index contributed by atoms with van der Waals surface area (Å²) in [5.74, 6) is 0.262. The number of aromatic nitrogens is 1. The minimum Gasteiger partial charge on any atom is -0.362 e. The maximum atomic E-state index is 13.3. The SMILES string of the molecule is CCc1nc2ccccc2c(C(=O)Nc2cccc(S(=O)(=O)/N=C3/CCCN3C)c2)c1C. The molecule has 1 N–H and O–H groups in total. The summed E-state index contributed by atoms with van der Waals surface area (Å²) in [6.07, 6.45) is 2.24. The molecule has 2 aromatic carbocycles. The summed E-state index contributed by atoms with van der Waals surface area (Å²) in [4.78, 5) is 19.8. The number of hydrogen-bond donors (Lipinski definition) is 1. The molecular weight excluding hydrogens is 424 g/mol. The number of fused-ring (bicyclic) bond motifs is 1. The van der Waals surface area contributed by atoms with E-state index in [0.29, 0.717) is 29.9 Å². The standard InChI is InChI=1S/C24H26N4O3S/c1-4-20-16(2)23(19-11-5-6-12-21(19)26-20)24(29)25-17-9-7-10-18(15-17)32(30,31)27-22-13-8-14-28(22)3/h5-7,9-12,15H,4,8,13-14H2,1-3H3,(H,25,29)/b27-22-. The van der Waals surface area contributed by atoms with Crippen molar-refractivity contribution in [2.24, 2.45) is 4.40 Å². The van der Waals surface area contributed by atoms with Crippen molar-refractivity contribution in [3.8, 4) is 0 Å². The van der Waals surface area contributed by atoms with Gasteiger partial charge in [0.1, 0.15) is 5.84 Å². The molecule has 0 saturated carbocycles. The summed E-state index contributed by atoms with van der Waals surface area (Å²) >= 11 is 0. The number of pyridine rings is 1. The number of amidine groups is 1. The predicted molar refractivity (Wildman–Crippen MR) is 127 cm³/mol. The quantitative estimate of drug-likeness (QED) is 0.630. The third-order valence-corrected chi connectivity index (χ3v) is 7.05. The van der Waals surface area contributed by atoms with Crippen molar-refractivity contribution in [1.82, 2.24) is 9.88 Å². The number of benzene rings is 2. The van der Waals surface area contributed by atoms with Crippen molar-refractivity contribution in [3.63, 3.8) is 0 Å². The average molecular weight is 451 g/mol. The van der Waals surface area contributed by atoms with Crippen molar-refractivity contribution in [2.75, 3.05) is 18.9 Å². The molecular formula is C24H26N4O3S. The van der Waals surface area contributed by atoms with E-state index in [-0.39, 0.29) is 10.8 Å². The highest BCUT2D eigenvalue weighted by molar-refractivity contribution is 7.90. The summed E-state index contributed by atoms with van der Waals surface area (Å²) < 4.78 is 29.6. The maximum absolute atomic E-state index is 13.3. The Morgan fingerprint density at radius 3 is 2.69 bits per heavy atom. The van der Waals surface area contributed by atoms with E-state index in [1.165, 1.54) is 12.1 Å². The molecule has 8 heteroatoms. The van der Waals surface area contributed by atoms with Crippen molar-refractivity contribution < 1.29 is 13.2 Å². The van der Waals surface area contributed by atoms with Gasteiger partial charge in [0.25, 0.3) is 15.9 Å². The molecule has 0 radical (unpaired) electrons. The zero-order valence-corrected chi connectivity index (χ0v) is 19.2. The number of likely N-dealkylation sites (tertiary alicyclic amines) is 1. The highest BCUT2D eigenvalue weighted by Crippen LogP contribution is 2.26. The van der Waals surface area contributed by atoms with Gasteiger partial charge in [-0.05, 0) is 49.6 Å². The van der Waals surface area contributed by atoms with Crippen LogP contribution in [-0.4, -0.2) is 43.6 Å². The van der Waals surface area contributed by atoms with Gasteiger partial charge in [0, 0.05) is 36.8 Å². The molecule has 4 rings (SSSR count). The Kier molecular flexibility index (Phi) is 5.97. The summed E-state index contributed by atoms with van der Waals surface area (Å²) in [6.45, 7) is 4.69. The number of rotatable bonds is 5. The van der Waals surface area contributed by atoms with Gasteiger partial charge in [-0.3, -0.25) is 9.78 Å². The second-order valence-electron chi connectivity index (χ2n) is 7.92. The molecule has 3 aromatic rings. The van der Waals surface area contributed by atoms with E-state index in [4.69, 9.17) is 0 Å². The second kappa shape index (κ2) is 8.70. The molecule has 0 spiro atoms. The topological polar surface area (TPSA) is 91.7 Å². The van der Waals surface area contributed by atoms with Crippen LogP contribution in [0, 0.1) is 6.92 Å². The Morgan fingerprint density at radius 2 is 1.97 bits per heavy atom. The summed E-state index contributed by atoms with van der Waals surface area (Å²) in [7, 11) is -2.03. The fourth-order valence-corrected chi connectivity index (χ4v) is 5.16. The largest absolute Gasteiger partial charge is 0.362 e. The van der Waals surface area contributed by atoms with Crippen molar-refractivity contribution in [1.29, 1.82) is 0 Å². The highest BCUT2D eigenvalue weighted by Gasteiger charge is 2.22. The molecule has 1 fully saturated rings. The molecule has 1 saturated heterocycles. The van der Waals surface area contributed by atoms with Gasteiger partial charge < -0.3 is 10.2 Å². The lowest BCUT2D eigenvalue weighted by molar-refractivity contribution is 0.102. The Hall–Kier alpha value is -3.26. The monoisotopic (exact) mass is 450 g/mol. The molecule has 32 heavy (non-hydrogen) atoms. The van der Waals surface area contributed by atoms with E-state index in [1.54, 1.807) is 12.1 Å². The van der Waals surface area contributed by atoms with Crippen LogP contribution < -0.4 is 5.32 Å². The smallest absolute Gasteiger partial charge is 0.284 e. The average Bonchev–Trinajstić information content (AvgIpc) is 3.17. The van der Waals surface area contributed by atoms with E-state index >= 15 is 0 Å². The molecule has 1 aromatic heterocycles. The lowest BCUT2D eigenvalue weighted by Gasteiger charge is -2.14. The first-order chi connectivity index (χ1) is 15.3. The first kappa shape index (κ1) is 22.0. The van der Waals surface area contributed by atoms with E-state index in [0.717, 1.165) is 35.1 Å². The number of hydrogen-bond acceptors (Lipinski definition) is 4. The number of aryl methyl sites for hydroxylation is 1. The van der Waals surface area contributed by atoms with Gasteiger partial charge in [-0.1, -0.05) is 31.2 Å². The maximum Gasteiger partial charge on any atom is 0.284 e. The molecule has 2 heterocycles.